The Labute approximate surface area is 174 Å². The zero-order valence-corrected chi connectivity index (χ0v) is 17.2. The summed E-state index contributed by atoms with van der Waals surface area (Å²) < 4.78 is 2.48. The normalized spacial score (nSPS) is 14.8. The standard InChI is InChI=1S/C18H20N6O3S2/c25-16(13-5-8-22(9-6-13)17(26)14-3-1-11-28-14)19-7-10-23-18(27)24(21-20-23)15-4-2-12-29-15/h1-4,11-13H,5-10H2,(H,19,25). The van der Waals surface area contributed by atoms with Crippen molar-refractivity contribution in [3.8, 4) is 5.00 Å². The van der Waals surface area contributed by atoms with E-state index in [2.05, 4.69) is 15.7 Å². The summed E-state index contributed by atoms with van der Waals surface area (Å²) in [5, 5.41) is 15.1. The highest BCUT2D eigenvalue weighted by Crippen LogP contribution is 2.20. The van der Waals surface area contributed by atoms with E-state index < -0.39 is 0 Å². The molecule has 0 aromatic carbocycles. The SMILES string of the molecule is O=C(NCCn1nnn(-c2cccs2)c1=O)C1CCN(C(=O)c2cccs2)CC1. The maximum absolute atomic E-state index is 12.4. The molecule has 4 rings (SSSR count). The second-order valence-electron chi connectivity index (χ2n) is 6.68. The fourth-order valence-electron chi connectivity index (χ4n) is 3.27. The van der Waals surface area contributed by atoms with Crippen LogP contribution in [0, 0.1) is 5.92 Å². The van der Waals surface area contributed by atoms with Gasteiger partial charge in [0.1, 0.15) is 5.00 Å². The molecular formula is C18H20N6O3S2. The number of thiophene rings is 2. The molecule has 11 heteroatoms. The Kier molecular flexibility index (Phi) is 5.86. The van der Waals surface area contributed by atoms with Crippen LogP contribution in [0.3, 0.4) is 0 Å². The number of carbonyl (C=O) groups is 2. The number of amides is 2. The molecule has 3 aromatic rings. The second kappa shape index (κ2) is 8.70. The van der Waals surface area contributed by atoms with E-state index in [1.54, 1.807) is 11.0 Å². The number of rotatable bonds is 6. The molecule has 0 radical (unpaired) electrons. The molecule has 0 bridgehead atoms. The van der Waals surface area contributed by atoms with E-state index in [4.69, 9.17) is 0 Å². The van der Waals surface area contributed by atoms with Gasteiger partial charge < -0.3 is 10.2 Å². The number of nitrogens with zero attached hydrogens (tertiary/aromatic N) is 5. The van der Waals surface area contributed by atoms with Gasteiger partial charge in [-0.2, -0.15) is 9.36 Å². The Morgan fingerprint density at radius 2 is 1.86 bits per heavy atom. The third-order valence-electron chi connectivity index (χ3n) is 4.86. The van der Waals surface area contributed by atoms with Crippen molar-refractivity contribution in [2.75, 3.05) is 19.6 Å². The van der Waals surface area contributed by atoms with Gasteiger partial charge in [0.25, 0.3) is 5.91 Å². The highest BCUT2D eigenvalue weighted by molar-refractivity contribution is 7.12. The van der Waals surface area contributed by atoms with E-state index >= 15 is 0 Å². The molecule has 0 aliphatic carbocycles. The fourth-order valence-corrected chi connectivity index (χ4v) is 4.63. The van der Waals surface area contributed by atoms with Gasteiger partial charge >= 0.3 is 5.69 Å². The number of carbonyl (C=O) groups excluding carboxylic acids is 2. The van der Waals surface area contributed by atoms with Crippen molar-refractivity contribution in [2.45, 2.75) is 19.4 Å². The van der Waals surface area contributed by atoms with Gasteiger partial charge in [0.2, 0.25) is 5.91 Å². The second-order valence-corrected chi connectivity index (χ2v) is 8.56. The van der Waals surface area contributed by atoms with E-state index in [-0.39, 0.29) is 30.0 Å². The summed E-state index contributed by atoms with van der Waals surface area (Å²) in [7, 11) is 0. The predicted octanol–water partition coefficient (Wildman–Crippen LogP) is 1.22. The topological polar surface area (TPSA) is 102 Å². The quantitative estimate of drug-likeness (QED) is 0.631. The molecule has 1 aliphatic heterocycles. The molecule has 152 valence electrons. The minimum atomic E-state index is -0.331. The summed E-state index contributed by atoms with van der Waals surface area (Å²) in [6.45, 7) is 1.70. The third-order valence-corrected chi connectivity index (χ3v) is 6.56. The van der Waals surface area contributed by atoms with Crippen LogP contribution in [0.1, 0.15) is 22.5 Å². The molecule has 3 aromatic heterocycles. The van der Waals surface area contributed by atoms with Crippen LogP contribution in [-0.4, -0.2) is 56.1 Å². The Morgan fingerprint density at radius 3 is 2.55 bits per heavy atom. The lowest BCUT2D eigenvalue weighted by Crippen LogP contribution is -2.43. The Bertz CT molecular complexity index is 1020. The van der Waals surface area contributed by atoms with Crippen LogP contribution < -0.4 is 11.0 Å². The highest BCUT2D eigenvalue weighted by atomic mass is 32.1. The molecule has 1 N–H and O–H groups in total. The molecule has 0 unspecified atom stereocenters. The summed E-state index contributed by atoms with van der Waals surface area (Å²) >= 11 is 2.83. The number of tetrazole rings is 1. The van der Waals surface area contributed by atoms with E-state index in [0.29, 0.717) is 37.5 Å². The predicted molar refractivity (Wildman–Crippen MR) is 109 cm³/mol. The smallest absolute Gasteiger partial charge is 0.354 e. The first-order valence-corrected chi connectivity index (χ1v) is 11.1. The van der Waals surface area contributed by atoms with Gasteiger partial charge in [0, 0.05) is 25.6 Å². The van der Waals surface area contributed by atoms with Crippen molar-refractivity contribution in [3.63, 3.8) is 0 Å². The summed E-state index contributed by atoms with van der Waals surface area (Å²) in [4.78, 5) is 39.6. The zero-order valence-electron chi connectivity index (χ0n) is 15.6. The molecule has 1 aliphatic rings. The van der Waals surface area contributed by atoms with Crippen LogP contribution in [0.2, 0.25) is 0 Å². The number of aromatic nitrogens is 4. The first-order valence-electron chi connectivity index (χ1n) is 9.30. The van der Waals surface area contributed by atoms with Crippen molar-refractivity contribution < 1.29 is 9.59 Å². The zero-order chi connectivity index (χ0) is 20.2. The van der Waals surface area contributed by atoms with Crippen molar-refractivity contribution >= 4 is 34.5 Å². The van der Waals surface area contributed by atoms with Crippen LogP contribution in [0.5, 0.6) is 0 Å². The average molecular weight is 433 g/mol. The highest BCUT2D eigenvalue weighted by Gasteiger charge is 2.28. The molecule has 29 heavy (non-hydrogen) atoms. The first kappa shape index (κ1) is 19.5. The van der Waals surface area contributed by atoms with Crippen LogP contribution in [0.4, 0.5) is 0 Å². The number of hydrogen-bond donors (Lipinski definition) is 1. The number of nitrogens with one attached hydrogen (secondary N) is 1. The molecule has 4 heterocycles. The molecule has 9 nitrogen and oxygen atoms in total. The number of piperidine rings is 1. The fraction of sp³-hybridized carbons (Fsp3) is 0.389. The minimum absolute atomic E-state index is 0.0343. The lowest BCUT2D eigenvalue weighted by molar-refractivity contribution is -0.126. The van der Waals surface area contributed by atoms with Crippen LogP contribution in [0.15, 0.2) is 39.8 Å². The van der Waals surface area contributed by atoms with Crippen LogP contribution in [-0.2, 0) is 11.3 Å². The largest absolute Gasteiger partial charge is 0.369 e. The molecular weight excluding hydrogens is 412 g/mol. The van der Waals surface area contributed by atoms with E-state index in [1.807, 2.05) is 29.0 Å². The third kappa shape index (κ3) is 4.30. The molecule has 2 amide bonds. The summed E-state index contributed by atoms with van der Waals surface area (Å²) in [5.74, 6) is -0.139. The number of hydrogen-bond acceptors (Lipinski definition) is 7. The Hall–Kier alpha value is -2.79. The van der Waals surface area contributed by atoms with Gasteiger partial charge in [-0.05, 0) is 52.2 Å². The van der Waals surface area contributed by atoms with Crippen LogP contribution >= 0.6 is 22.7 Å². The van der Waals surface area contributed by atoms with Gasteiger partial charge in [0.15, 0.2) is 0 Å². The van der Waals surface area contributed by atoms with Gasteiger partial charge in [-0.1, -0.05) is 6.07 Å². The summed E-state index contributed by atoms with van der Waals surface area (Å²) in [6, 6.07) is 7.32. The van der Waals surface area contributed by atoms with Crippen LogP contribution in [0.25, 0.3) is 5.00 Å². The van der Waals surface area contributed by atoms with Crippen molar-refractivity contribution in [1.82, 2.24) is 30.0 Å². The maximum Gasteiger partial charge on any atom is 0.369 e. The molecule has 0 saturated carbocycles. The molecule has 1 fully saturated rings. The number of likely N-dealkylation sites (tertiary alicyclic amines) is 1. The summed E-state index contributed by atoms with van der Waals surface area (Å²) in [5.41, 5.74) is -0.331. The average Bonchev–Trinajstić information content (AvgIpc) is 3.50. The van der Waals surface area contributed by atoms with Crippen molar-refractivity contribution in [3.05, 3.63) is 50.4 Å². The van der Waals surface area contributed by atoms with E-state index in [1.165, 1.54) is 32.0 Å². The van der Waals surface area contributed by atoms with Gasteiger partial charge in [-0.15, -0.1) is 22.7 Å². The molecule has 0 spiro atoms. The monoisotopic (exact) mass is 432 g/mol. The Balaban J connectivity index is 1.24. The van der Waals surface area contributed by atoms with Gasteiger partial charge in [0.05, 0.1) is 11.4 Å². The van der Waals surface area contributed by atoms with E-state index in [0.717, 1.165) is 4.88 Å². The summed E-state index contributed by atoms with van der Waals surface area (Å²) in [6.07, 6.45) is 1.27. The molecule has 1 saturated heterocycles. The lowest BCUT2D eigenvalue weighted by Gasteiger charge is -2.31. The van der Waals surface area contributed by atoms with Gasteiger partial charge in [-0.25, -0.2) is 4.79 Å². The maximum atomic E-state index is 12.4. The van der Waals surface area contributed by atoms with E-state index in [9.17, 15) is 14.4 Å². The lowest BCUT2D eigenvalue weighted by atomic mass is 9.96. The van der Waals surface area contributed by atoms with Crippen molar-refractivity contribution in [2.24, 2.45) is 5.92 Å². The van der Waals surface area contributed by atoms with Crippen molar-refractivity contribution in [1.29, 1.82) is 0 Å². The molecule has 0 atom stereocenters. The first-order chi connectivity index (χ1) is 14.1. The Morgan fingerprint density at radius 1 is 1.10 bits per heavy atom. The van der Waals surface area contributed by atoms with Gasteiger partial charge in [-0.3, -0.25) is 9.59 Å². The minimum Gasteiger partial charge on any atom is -0.354 e.